The number of piperidine rings is 1. The zero-order valence-corrected chi connectivity index (χ0v) is 17.2. The normalized spacial score (nSPS) is 15.2. The zero-order valence-electron chi connectivity index (χ0n) is 16.5. The Hall–Kier alpha value is -2.85. The number of para-hydroxylation sites is 1. The van der Waals surface area contributed by atoms with Gasteiger partial charge in [-0.1, -0.05) is 48.9 Å². The molecule has 4 nitrogen and oxygen atoms in total. The van der Waals surface area contributed by atoms with Crippen LogP contribution in [-0.2, 0) is 4.79 Å². The average Bonchev–Trinajstić information content (AvgIpc) is 3.18. The Morgan fingerprint density at radius 3 is 2.45 bits per heavy atom. The van der Waals surface area contributed by atoms with Crippen molar-refractivity contribution < 1.29 is 4.79 Å². The van der Waals surface area contributed by atoms with Crippen molar-refractivity contribution >= 4 is 23.6 Å². The fraction of sp³-hybridized carbons (Fsp3) is 0.250. The number of amides is 1. The molecule has 1 saturated heterocycles. The van der Waals surface area contributed by atoms with Gasteiger partial charge in [0.1, 0.15) is 0 Å². The summed E-state index contributed by atoms with van der Waals surface area (Å²) in [6.07, 6.45) is 7.64. The van der Waals surface area contributed by atoms with Gasteiger partial charge in [0.2, 0.25) is 5.91 Å². The Labute approximate surface area is 176 Å². The number of carbonyl (C=O) groups is 1. The first-order valence-electron chi connectivity index (χ1n) is 9.98. The fourth-order valence-electron chi connectivity index (χ4n) is 3.55. The van der Waals surface area contributed by atoms with Gasteiger partial charge in [-0.05, 0) is 49.1 Å². The van der Waals surface area contributed by atoms with E-state index in [9.17, 15) is 4.79 Å². The average molecular weight is 406 g/mol. The summed E-state index contributed by atoms with van der Waals surface area (Å²) in [5.74, 6) is 0.759. The number of carbonyl (C=O) groups excluding carboxylic acids is 1. The third-order valence-electron chi connectivity index (χ3n) is 5.38. The number of rotatable bonds is 4. The van der Waals surface area contributed by atoms with Crippen molar-refractivity contribution in [1.29, 1.82) is 0 Å². The highest BCUT2D eigenvalue weighted by molar-refractivity contribution is 6.30. The number of hydrogen-bond donors (Lipinski definition) is 0. The molecule has 0 N–H and O–H groups in total. The molecule has 0 radical (unpaired) electrons. The van der Waals surface area contributed by atoms with Gasteiger partial charge in [0.25, 0.3) is 0 Å². The molecule has 29 heavy (non-hydrogen) atoms. The van der Waals surface area contributed by atoms with Gasteiger partial charge >= 0.3 is 0 Å². The second-order valence-electron chi connectivity index (χ2n) is 7.56. The lowest BCUT2D eigenvalue weighted by Crippen LogP contribution is -2.36. The Bertz CT molecular complexity index is 1000. The van der Waals surface area contributed by atoms with Crippen LogP contribution in [0.1, 0.15) is 25.3 Å². The fourth-order valence-corrected chi connectivity index (χ4v) is 3.68. The Balaban J connectivity index is 1.64. The van der Waals surface area contributed by atoms with Crippen LogP contribution < -0.4 is 0 Å². The lowest BCUT2D eigenvalue weighted by molar-refractivity contribution is -0.127. The first kappa shape index (κ1) is 19.5. The lowest BCUT2D eigenvalue weighted by atomic mass is 9.99. The summed E-state index contributed by atoms with van der Waals surface area (Å²) < 4.78 is 1.84. The van der Waals surface area contributed by atoms with E-state index < -0.39 is 0 Å². The maximum Gasteiger partial charge on any atom is 0.246 e. The molecule has 1 aromatic heterocycles. The number of hydrogen-bond acceptors (Lipinski definition) is 2. The van der Waals surface area contributed by atoms with Gasteiger partial charge in [-0.3, -0.25) is 4.79 Å². The number of halogens is 1. The molecule has 1 fully saturated rings. The van der Waals surface area contributed by atoms with E-state index in [-0.39, 0.29) is 5.91 Å². The SMILES string of the molecule is CC1CCN(C(=O)C=Cc2cn(-c3ccccc3)nc2-c2ccc(Cl)cc2)CC1. The largest absolute Gasteiger partial charge is 0.339 e. The topological polar surface area (TPSA) is 38.1 Å². The second kappa shape index (κ2) is 8.66. The summed E-state index contributed by atoms with van der Waals surface area (Å²) in [5.41, 5.74) is 3.65. The zero-order chi connectivity index (χ0) is 20.2. The van der Waals surface area contributed by atoms with E-state index in [0.29, 0.717) is 10.9 Å². The summed E-state index contributed by atoms with van der Waals surface area (Å²) in [4.78, 5) is 14.6. The van der Waals surface area contributed by atoms with Gasteiger partial charge in [-0.25, -0.2) is 4.68 Å². The molecule has 0 bridgehead atoms. The van der Waals surface area contributed by atoms with Crippen LogP contribution in [0.2, 0.25) is 5.02 Å². The summed E-state index contributed by atoms with van der Waals surface area (Å²) in [6, 6.07) is 17.6. The molecule has 4 rings (SSSR count). The molecule has 1 aliphatic rings. The molecule has 0 atom stereocenters. The van der Waals surface area contributed by atoms with Gasteiger partial charge in [0.15, 0.2) is 0 Å². The molecule has 1 aliphatic heterocycles. The van der Waals surface area contributed by atoms with E-state index in [1.165, 1.54) is 0 Å². The molecule has 5 heteroatoms. The third-order valence-corrected chi connectivity index (χ3v) is 5.63. The number of benzene rings is 2. The van der Waals surface area contributed by atoms with Crippen LogP contribution in [-0.4, -0.2) is 33.7 Å². The molecule has 3 aromatic rings. The first-order valence-corrected chi connectivity index (χ1v) is 10.4. The van der Waals surface area contributed by atoms with Crippen LogP contribution in [0.3, 0.4) is 0 Å². The van der Waals surface area contributed by atoms with Crippen molar-refractivity contribution in [1.82, 2.24) is 14.7 Å². The highest BCUT2D eigenvalue weighted by Gasteiger charge is 2.19. The minimum absolute atomic E-state index is 0.0615. The summed E-state index contributed by atoms with van der Waals surface area (Å²) >= 11 is 6.05. The van der Waals surface area contributed by atoms with E-state index in [2.05, 4.69) is 6.92 Å². The van der Waals surface area contributed by atoms with Crippen molar-refractivity contribution in [2.24, 2.45) is 5.92 Å². The standard InChI is InChI=1S/C24H24ClN3O/c1-18-13-15-27(16-14-18)23(29)12-9-20-17-28(22-5-3-2-4-6-22)26-24(20)19-7-10-21(25)11-8-19/h2-12,17-18H,13-16H2,1H3. The van der Waals surface area contributed by atoms with Gasteiger partial charge in [0, 0.05) is 41.5 Å². The minimum Gasteiger partial charge on any atom is -0.339 e. The van der Waals surface area contributed by atoms with E-state index >= 15 is 0 Å². The van der Waals surface area contributed by atoms with Crippen molar-refractivity contribution in [3.8, 4) is 16.9 Å². The van der Waals surface area contributed by atoms with Crippen LogP contribution in [0.25, 0.3) is 23.0 Å². The molecule has 0 spiro atoms. The van der Waals surface area contributed by atoms with Crippen molar-refractivity contribution in [2.45, 2.75) is 19.8 Å². The summed E-state index contributed by atoms with van der Waals surface area (Å²) in [6.45, 7) is 3.91. The van der Waals surface area contributed by atoms with Gasteiger partial charge in [-0.2, -0.15) is 5.10 Å². The highest BCUT2D eigenvalue weighted by Crippen LogP contribution is 2.26. The minimum atomic E-state index is 0.0615. The Morgan fingerprint density at radius 1 is 1.07 bits per heavy atom. The molecule has 0 unspecified atom stereocenters. The summed E-state index contributed by atoms with van der Waals surface area (Å²) in [7, 11) is 0. The molecule has 0 saturated carbocycles. The van der Waals surface area contributed by atoms with Crippen LogP contribution in [0.15, 0.2) is 66.9 Å². The Kier molecular flexibility index (Phi) is 5.81. The monoisotopic (exact) mass is 405 g/mol. The molecule has 0 aliphatic carbocycles. The van der Waals surface area contributed by atoms with E-state index in [1.54, 1.807) is 6.08 Å². The highest BCUT2D eigenvalue weighted by atomic mass is 35.5. The molecular weight excluding hydrogens is 382 g/mol. The van der Waals surface area contributed by atoms with Crippen LogP contribution >= 0.6 is 11.6 Å². The van der Waals surface area contributed by atoms with Crippen LogP contribution in [0.4, 0.5) is 0 Å². The molecule has 148 valence electrons. The number of aromatic nitrogens is 2. The van der Waals surface area contributed by atoms with Gasteiger partial charge in [0.05, 0.1) is 11.4 Å². The maximum absolute atomic E-state index is 12.6. The Morgan fingerprint density at radius 2 is 1.76 bits per heavy atom. The van der Waals surface area contributed by atoms with Gasteiger partial charge < -0.3 is 4.90 Å². The molecule has 2 aromatic carbocycles. The summed E-state index contributed by atoms with van der Waals surface area (Å²) in [5, 5.41) is 5.46. The number of nitrogens with zero attached hydrogens (tertiary/aromatic N) is 3. The predicted molar refractivity (Wildman–Crippen MR) is 118 cm³/mol. The predicted octanol–water partition coefficient (Wildman–Crippen LogP) is 5.46. The van der Waals surface area contributed by atoms with Crippen molar-refractivity contribution in [3.05, 3.63) is 77.5 Å². The van der Waals surface area contributed by atoms with Crippen molar-refractivity contribution in [2.75, 3.05) is 13.1 Å². The quantitative estimate of drug-likeness (QED) is 0.540. The number of likely N-dealkylation sites (tertiary alicyclic amines) is 1. The van der Waals surface area contributed by atoms with E-state index in [0.717, 1.165) is 48.4 Å². The van der Waals surface area contributed by atoms with E-state index in [1.807, 2.05) is 76.5 Å². The van der Waals surface area contributed by atoms with E-state index in [4.69, 9.17) is 16.7 Å². The maximum atomic E-state index is 12.6. The molecule has 1 amide bonds. The third kappa shape index (κ3) is 4.60. The first-order chi connectivity index (χ1) is 14.1. The molecular formula is C24H24ClN3O. The second-order valence-corrected chi connectivity index (χ2v) is 8.00. The lowest BCUT2D eigenvalue weighted by Gasteiger charge is -2.29. The van der Waals surface area contributed by atoms with Gasteiger partial charge in [-0.15, -0.1) is 0 Å². The van der Waals surface area contributed by atoms with Crippen LogP contribution in [0, 0.1) is 5.92 Å². The molecule has 2 heterocycles. The van der Waals surface area contributed by atoms with Crippen molar-refractivity contribution in [3.63, 3.8) is 0 Å². The van der Waals surface area contributed by atoms with Crippen LogP contribution in [0.5, 0.6) is 0 Å². The smallest absolute Gasteiger partial charge is 0.246 e.